The van der Waals surface area contributed by atoms with E-state index in [0.29, 0.717) is 24.7 Å². The Morgan fingerprint density at radius 2 is 2.00 bits per heavy atom. The van der Waals surface area contributed by atoms with Crippen LogP contribution in [0.2, 0.25) is 0 Å². The number of carbonyl (C=O) groups is 1. The summed E-state index contributed by atoms with van der Waals surface area (Å²) in [6, 6.07) is 1.69. The second kappa shape index (κ2) is 5.80. The van der Waals surface area contributed by atoms with Gasteiger partial charge in [-0.25, -0.2) is 9.97 Å². The average molecular weight is 248 g/mol. The minimum atomic E-state index is -0.0113. The third kappa shape index (κ3) is 2.60. The number of rotatable bonds is 4. The third-order valence-corrected chi connectivity index (χ3v) is 3.30. The second-order valence-electron chi connectivity index (χ2n) is 4.41. The molecule has 0 aromatic carbocycles. The van der Waals surface area contributed by atoms with Crippen molar-refractivity contribution in [2.45, 2.75) is 26.7 Å². The van der Waals surface area contributed by atoms with E-state index in [1.165, 1.54) is 12.8 Å². The highest BCUT2D eigenvalue weighted by Crippen LogP contribution is 2.15. The number of anilines is 1. The predicted molar refractivity (Wildman–Crippen MR) is 70.7 cm³/mol. The molecule has 0 atom stereocenters. The van der Waals surface area contributed by atoms with Crippen LogP contribution < -0.4 is 4.90 Å². The summed E-state index contributed by atoms with van der Waals surface area (Å²) < 4.78 is 0. The number of nitrogens with zero attached hydrogens (tertiary/aromatic N) is 4. The molecule has 1 aliphatic heterocycles. The SMILES string of the molecule is CCN(CC)C(=O)c1ccnc(N2CCCC2)n1. The van der Waals surface area contributed by atoms with Gasteiger partial charge in [-0.05, 0) is 32.8 Å². The molecule has 0 bridgehead atoms. The minimum Gasteiger partial charge on any atom is -0.341 e. The van der Waals surface area contributed by atoms with Crippen LogP contribution >= 0.6 is 0 Å². The molecule has 0 N–H and O–H groups in total. The van der Waals surface area contributed by atoms with Crippen molar-refractivity contribution in [3.63, 3.8) is 0 Å². The van der Waals surface area contributed by atoms with Gasteiger partial charge in [-0.15, -0.1) is 0 Å². The van der Waals surface area contributed by atoms with Crippen LogP contribution in [0, 0.1) is 0 Å². The molecule has 2 rings (SSSR count). The van der Waals surface area contributed by atoms with Crippen LogP contribution in [0.4, 0.5) is 5.95 Å². The van der Waals surface area contributed by atoms with E-state index in [1.807, 2.05) is 13.8 Å². The highest BCUT2D eigenvalue weighted by molar-refractivity contribution is 5.92. The topological polar surface area (TPSA) is 49.3 Å². The first kappa shape index (κ1) is 12.8. The Balaban J connectivity index is 2.18. The standard InChI is InChI=1S/C13H20N4O/c1-3-16(4-2)12(18)11-7-8-14-13(15-11)17-9-5-6-10-17/h7-8H,3-6,9-10H2,1-2H3. The van der Waals surface area contributed by atoms with E-state index in [0.717, 1.165) is 13.1 Å². The largest absolute Gasteiger partial charge is 0.341 e. The number of hydrogen-bond acceptors (Lipinski definition) is 4. The summed E-state index contributed by atoms with van der Waals surface area (Å²) in [5.74, 6) is 0.674. The fourth-order valence-corrected chi connectivity index (χ4v) is 2.21. The van der Waals surface area contributed by atoms with Crippen molar-refractivity contribution in [1.29, 1.82) is 0 Å². The maximum Gasteiger partial charge on any atom is 0.272 e. The Bertz CT molecular complexity index is 411. The van der Waals surface area contributed by atoms with Crippen molar-refractivity contribution in [2.75, 3.05) is 31.1 Å². The number of aromatic nitrogens is 2. The Hall–Kier alpha value is -1.65. The molecule has 5 heteroatoms. The van der Waals surface area contributed by atoms with E-state index in [9.17, 15) is 4.79 Å². The van der Waals surface area contributed by atoms with E-state index < -0.39 is 0 Å². The zero-order chi connectivity index (χ0) is 13.0. The lowest BCUT2D eigenvalue weighted by Crippen LogP contribution is -2.31. The van der Waals surface area contributed by atoms with Crippen LogP contribution in [0.5, 0.6) is 0 Å². The molecule has 1 aliphatic rings. The minimum absolute atomic E-state index is 0.0113. The summed E-state index contributed by atoms with van der Waals surface area (Å²) in [5, 5.41) is 0. The van der Waals surface area contributed by atoms with Crippen LogP contribution in [-0.2, 0) is 0 Å². The van der Waals surface area contributed by atoms with Crippen molar-refractivity contribution in [3.8, 4) is 0 Å². The molecule has 18 heavy (non-hydrogen) atoms. The fourth-order valence-electron chi connectivity index (χ4n) is 2.21. The first-order valence-corrected chi connectivity index (χ1v) is 6.63. The van der Waals surface area contributed by atoms with Crippen molar-refractivity contribution >= 4 is 11.9 Å². The third-order valence-electron chi connectivity index (χ3n) is 3.30. The molecule has 1 saturated heterocycles. The van der Waals surface area contributed by atoms with Gasteiger partial charge >= 0.3 is 0 Å². The van der Waals surface area contributed by atoms with Crippen LogP contribution in [-0.4, -0.2) is 47.0 Å². The Kier molecular flexibility index (Phi) is 4.12. The lowest BCUT2D eigenvalue weighted by atomic mass is 10.3. The summed E-state index contributed by atoms with van der Waals surface area (Å²) in [6.45, 7) is 7.34. The van der Waals surface area contributed by atoms with E-state index in [4.69, 9.17) is 0 Å². The van der Waals surface area contributed by atoms with Gasteiger partial charge in [-0.2, -0.15) is 0 Å². The molecule has 1 aromatic heterocycles. The van der Waals surface area contributed by atoms with Crippen LogP contribution in [0.25, 0.3) is 0 Å². The number of amides is 1. The highest BCUT2D eigenvalue weighted by Gasteiger charge is 2.18. The maximum atomic E-state index is 12.2. The molecule has 1 fully saturated rings. The van der Waals surface area contributed by atoms with Gasteiger partial charge in [0.25, 0.3) is 5.91 Å². The Labute approximate surface area is 108 Å². The molecule has 2 heterocycles. The fraction of sp³-hybridized carbons (Fsp3) is 0.615. The molecule has 0 saturated carbocycles. The van der Waals surface area contributed by atoms with Crippen molar-refractivity contribution < 1.29 is 4.79 Å². The first-order chi connectivity index (χ1) is 8.76. The quantitative estimate of drug-likeness (QED) is 0.811. The zero-order valence-electron chi connectivity index (χ0n) is 11.1. The predicted octanol–water partition coefficient (Wildman–Crippen LogP) is 1.56. The highest BCUT2D eigenvalue weighted by atomic mass is 16.2. The van der Waals surface area contributed by atoms with Gasteiger partial charge in [0.2, 0.25) is 5.95 Å². The zero-order valence-corrected chi connectivity index (χ0v) is 11.1. The smallest absolute Gasteiger partial charge is 0.272 e. The molecular weight excluding hydrogens is 228 g/mol. The average Bonchev–Trinajstić information content (AvgIpc) is 2.94. The molecule has 1 aromatic rings. The van der Waals surface area contributed by atoms with Gasteiger partial charge in [-0.1, -0.05) is 0 Å². The molecule has 5 nitrogen and oxygen atoms in total. The van der Waals surface area contributed by atoms with Crippen molar-refractivity contribution in [3.05, 3.63) is 18.0 Å². The molecule has 0 unspecified atom stereocenters. The Morgan fingerprint density at radius 1 is 1.33 bits per heavy atom. The maximum absolute atomic E-state index is 12.2. The summed E-state index contributed by atoms with van der Waals surface area (Å²) in [5.41, 5.74) is 0.496. The molecule has 1 amide bonds. The molecule has 0 aliphatic carbocycles. The van der Waals surface area contributed by atoms with Gasteiger partial charge in [0, 0.05) is 32.4 Å². The molecule has 0 spiro atoms. The molecule has 98 valence electrons. The molecule has 0 radical (unpaired) electrons. The van der Waals surface area contributed by atoms with Gasteiger partial charge < -0.3 is 9.80 Å². The van der Waals surface area contributed by atoms with Crippen LogP contribution in [0.1, 0.15) is 37.2 Å². The van der Waals surface area contributed by atoms with Gasteiger partial charge in [0.05, 0.1) is 0 Å². The number of carbonyl (C=O) groups excluding carboxylic acids is 1. The van der Waals surface area contributed by atoms with Gasteiger partial charge in [0.15, 0.2) is 0 Å². The summed E-state index contributed by atoms with van der Waals surface area (Å²) in [7, 11) is 0. The van der Waals surface area contributed by atoms with E-state index in [-0.39, 0.29) is 5.91 Å². The van der Waals surface area contributed by atoms with E-state index in [1.54, 1.807) is 17.2 Å². The molecular formula is C13H20N4O. The van der Waals surface area contributed by atoms with E-state index >= 15 is 0 Å². The summed E-state index contributed by atoms with van der Waals surface area (Å²) in [4.78, 5) is 24.8. The Morgan fingerprint density at radius 3 is 2.61 bits per heavy atom. The second-order valence-corrected chi connectivity index (χ2v) is 4.41. The van der Waals surface area contributed by atoms with Crippen LogP contribution in [0.15, 0.2) is 12.3 Å². The van der Waals surface area contributed by atoms with E-state index in [2.05, 4.69) is 14.9 Å². The summed E-state index contributed by atoms with van der Waals surface area (Å²) in [6.07, 6.45) is 4.03. The van der Waals surface area contributed by atoms with Crippen molar-refractivity contribution in [2.24, 2.45) is 0 Å². The lowest BCUT2D eigenvalue weighted by molar-refractivity contribution is 0.0767. The van der Waals surface area contributed by atoms with Crippen LogP contribution in [0.3, 0.4) is 0 Å². The van der Waals surface area contributed by atoms with Crippen molar-refractivity contribution in [1.82, 2.24) is 14.9 Å². The lowest BCUT2D eigenvalue weighted by Gasteiger charge is -2.19. The number of hydrogen-bond donors (Lipinski definition) is 0. The first-order valence-electron chi connectivity index (χ1n) is 6.63. The monoisotopic (exact) mass is 248 g/mol. The van der Waals surface area contributed by atoms with Gasteiger partial charge in [-0.3, -0.25) is 4.79 Å². The van der Waals surface area contributed by atoms with Gasteiger partial charge in [0.1, 0.15) is 5.69 Å². The normalized spacial score (nSPS) is 14.9. The summed E-state index contributed by atoms with van der Waals surface area (Å²) >= 11 is 0.